The number of nitrogens with zero attached hydrogens (tertiary/aromatic N) is 1. The van der Waals surface area contributed by atoms with Crippen LogP contribution >= 0.6 is 0 Å². The molecule has 0 atom stereocenters. The average Bonchev–Trinajstić information content (AvgIpc) is 2.56. The molecule has 108 valence electrons. The Balaban J connectivity index is 2.27. The Morgan fingerprint density at radius 3 is 2.76 bits per heavy atom. The van der Waals surface area contributed by atoms with Crippen molar-refractivity contribution in [2.24, 2.45) is 5.41 Å². The summed E-state index contributed by atoms with van der Waals surface area (Å²) in [6.07, 6.45) is 3.82. The van der Waals surface area contributed by atoms with Crippen LogP contribution in [0.2, 0.25) is 0 Å². The highest BCUT2D eigenvalue weighted by molar-refractivity contribution is 5.81. The molecule has 1 aromatic heterocycles. The van der Waals surface area contributed by atoms with Crippen LogP contribution in [0.15, 0.2) is 48.7 Å². The smallest absolute Gasteiger partial charge is 0.264 e. The lowest BCUT2D eigenvalue weighted by atomic mass is 9.89. The lowest BCUT2D eigenvalue weighted by molar-refractivity contribution is -0.906. The minimum absolute atomic E-state index is 0.106. The van der Waals surface area contributed by atoms with Gasteiger partial charge in [0.25, 0.3) is 5.69 Å². The highest BCUT2D eigenvalue weighted by Crippen LogP contribution is 2.37. The molecular formula is C18H20NO2+. The number of benzene rings is 1. The molecule has 3 nitrogen and oxygen atoms in total. The standard InChI is InChI=1S/C18H20NO2/c1-13-7-8-17-14(10-13)15(11-18(2,3)12-21-17)16-6-4-5-9-19(16)20/h4-11,20H,12H2,1-3H3/q+1. The molecule has 1 aromatic carbocycles. The largest absolute Gasteiger partial charge is 0.492 e. The third-order valence-corrected chi connectivity index (χ3v) is 3.68. The second-order valence-corrected chi connectivity index (χ2v) is 6.27. The minimum atomic E-state index is -0.106. The zero-order valence-electron chi connectivity index (χ0n) is 12.6. The van der Waals surface area contributed by atoms with Crippen LogP contribution < -0.4 is 9.47 Å². The average molecular weight is 282 g/mol. The molecule has 0 aliphatic carbocycles. The van der Waals surface area contributed by atoms with E-state index in [0.29, 0.717) is 6.61 Å². The predicted octanol–water partition coefficient (Wildman–Crippen LogP) is 3.37. The van der Waals surface area contributed by atoms with E-state index < -0.39 is 0 Å². The van der Waals surface area contributed by atoms with Crippen molar-refractivity contribution in [3.05, 3.63) is 65.5 Å². The first kappa shape index (κ1) is 13.7. The van der Waals surface area contributed by atoms with Gasteiger partial charge in [-0.25, -0.2) is 0 Å². The highest BCUT2D eigenvalue weighted by atomic mass is 16.5. The Bertz CT molecular complexity index is 717. The van der Waals surface area contributed by atoms with Crippen molar-refractivity contribution in [1.82, 2.24) is 0 Å². The number of hydrogen-bond donors (Lipinski definition) is 1. The van der Waals surface area contributed by atoms with Crippen molar-refractivity contribution in [1.29, 1.82) is 0 Å². The number of aromatic nitrogens is 1. The summed E-state index contributed by atoms with van der Waals surface area (Å²) in [6.45, 7) is 6.95. The van der Waals surface area contributed by atoms with Gasteiger partial charge in [-0.05, 0) is 25.1 Å². The highest BCUT2D eigenvalue weighted by Gasteiger charge is 2.28. The normalized spacial score (nSPS) is 16.4. The number of aryl methyl sites for hydroxylation is 1. The van der Waals surface area contributed by atoms with Crippen molar-refractivity contribution >= 4 is 5.57 Å². The molecule has 0 spiro atoms. The summed E-state index contributed by atoms with van der Waals surface area (Å²) in [6, 6.07) is 11.8. The molecule has 1 aliphatic heterocycles. The van der Waals surface area contributed by atoms with Crippen molar-refractivity contribution < 1.29 is 14.7 Å². The van der Waals surface area contributed by atoms with Crippen LogP contribution in [0.4, 0.5) is 0 Å². The predicted molar refractivity (Wildman–Crippen MR) is 81.4 cm³/mol. The van der Waals surface area contributed by atoms with Crippen molar-refractivity contribution in [2.75, 3.05) is 6.61 Å². The van der Waals surface area contributed by atoms with Crippen LogP contribution in [0.1, 0.15) is 30.7 Å². The molecular weight excluding hydrogens is 262 g/mol. The van der Waals surface area contributed by atoms with Gasteiger partial charge in [-0.15, -0.1) is 0 Å². The summed E-state index contributed by atoms with van der Waals surface area (Å²) < 4.78 is 7.13. The van der Waals surface area contributed by atoms with Crippen LogP contribution in [0.25, 0.3) is 5.57 Å². The summed E-state index contributed by atoms with van der Waals surface area (Å²) in [5.74, 6) is 0.862. The van der Waals surface area contributed by atoms with Crippen LogP contribution in [-0.4, -0.2) is 11.8 Å². The number of pyridine rings is 1. The molecule has 2 aromatic rings. The maximum Gasteiger partial charge on any atom is 0.264 e. The van der Waals surface area contributed by atoms with Gasteiger partial charge in [0.1, 0.15) is 5.75 Å². The van der Waals surface area contributed by atoms with E-state index in [1.54, 1.807) is 12.3 Å². The zero-order chi connectivity index (χ0) is 15.0. The monoisotopic (exact) mass is 282 g/mol. The Labute approximate surface area is 125 Å². The molecule has 0 saturated carbocycles. The van der Waals surface area contributed by atoms with Crippen LogP contribution in [-0.2, 0) is 0 Å². The van der Waals surface area contributed by atoms with Gasteiger partial charge in [0.15, 0.2) is 0 Å². The summed E-state index contributed by atoms with van der Waals surface area (Å²) >= 11 is 0. The Kier molecular flexibility index (Phi) is 3.20. The molecule has 0 saturated heterocycles. The Morgan fingerprint density at radius 2 is 2.00 bits per heavy atom. The molecule has 21 heavy (non-hydrogen) atoms. The second kappa shape index (κ2) is 4.92. The van der Waals surface area contributed by atoms with Crippen molar-refractivity contribution in [3.63, 3.8) is 0 Å². The van der Waals surface area contributed by atoms with Gasteiger partial charge in [-0.1, -0.05) is 31.6 Å². The third kappa shape index (κ3) is 2.64. The maximum absolute atomic E-state index is 10.2. The summed E-state index contributed by atoms with van der Waals surface area (Å²) in [5, 5.41) is 10.2. The molecule has 2 heterocycles. The van der Waals surface area contributed by atoms with E-state index in [0.717, 1.165) is 22.6 Å². The Hall–Kier alpha value is -2.29. The molecule has 1 aliphatic rings. The van der Waals surface area contributed by atoms with E-state index in [1.807, 2.05) is 24.3 Å². The van der Waals surface area contributed by atoms with Gasteiger partial charge in [-0.3, -0.25) is 5.21 Å². The van der Waals surface area contributed by atoms with E-state index in [2.05, 4.69) is 32.9 Å². The summed E-state index contributed by atoms with van der Waals surface area (Å²) in [4.78, 5) is 0. The van der Waals surface area contributed by atoms with E-state index in [1.165, 1.54) is 10.3 Å². The number of fused-ring (bicyclic) bond motifs is 1. The topological polar surface area (TPSA) is 33.3 Å². The van der Waals surface area contributed by atoms with E-state index in [-0.39, 0.29) is 5.41 Å². The van der Waals surface area contributed by atoms with E-state index in [9.17, 15) is 5.21 Å². The summed E-state index contributed by atoms with van der Waals surface area (Å²) in [7, 11) is 0. The molecule has 0 fully saturated rings. The van der Waals surface area contributed by atoms with Crippen molar-refractivity contribution in [3.8, 4) is 5.75 Å². The van der Waals surface area contributed by atoms with Crippen LogP contribution in [0.5, 0.6) is 5.75 Å². The lowest BCUT2D eigenvalue weighted by Crippen LogP contribution is -2.34. The maximum atomic E-state index is 10.2. The third-order valence-electron chi connectivity index (χ3n) is 3.68. The molecule has 0 amide bonds. The number of ether oxygens (including phenoxy) is 1. The quantitative estimate of drug-likeness (QED) is 0.642. The summed E-state index contributed by atoms with van der Waals surface area (Å²) in [5.41, 5.74) is 3.85. The second-order valence-electron chi connectivity index (χ2n) is 6.27. The number of rotatable bonds is 1. The fourth-order valence-corrected chi connectivity index (χ4v) is 2.61. The first-order valence-electron chi connectivity index (χ1n) is 7.13. The minimum Gasteiger partial charge on any atom is -0.492 e. The lowest BCUT2D eigenvalue weighted by Gasteiger charge is -2.18. The molecule has 1 N–H and O–H groups in total. The SMILES string of the molecule is Cc1ccc2c(c1)C(c1cccc[n+]1O)=CC(C)(C)CO2. The molecule has 0 bridgehead atoms. The molecule has 0 radical (unpaired) electrons. The van der Waals surface area contributed by atoms with Gasteiger partial charge < -0.3 is 4.74 Å². The molecule has 0 unspecified atom stereocenters. The van der Waals surface area contributed by atoms with Crippen LogP contribution in [0, 0.1) is 12.3 Å². The zero-order valence-corrected chi connectivity index (χ0v) is 12.6. The molecule has 3 rings (SSSR count). The number of hydrogen-bond acceptors (Lipinski definition) is 2. The van der Waals surface area contributed by atoms with Gasteiger partial charge in [-0.2, -0.15) is 0 Å². The van der Waals surface area contributed by atoms with Gasteiger partial charge in [0, 0.05) is 27.8 Å². The van der Waals surface area contributed by atoms with Crippen molar-refractivity contribution in [2.45, 2.75) is 20.8 Å². The van der Waals surface area contributed by atoms with E-state index in [4.69, 9.17) is 4.74 Å². The molecule has 3 heteroatoms. The van der Waals surface area contributed by atoms with Gasteiger partial charge in [0.2, 0.25) is 6.20 Å². The van der Waals surface area contributed by atoms with Crippen LogP contribution in [0.3, 0.4) is 0 Å². The Morgan fingerprint density at radius 1 is 1.19 bits per heavy atom. The fourth-order valence-electron chi connectivity index (χ4n) is 2.61. The first-order chi connectivity index (χ1) is 9.96. The van der Waals surface area contributed by atoms with Gasteiger partial charge in [0.05, 0.1) is 12.2 Å². The first-order valence-corrected chi connectivity index (χ1v) is 7.13. The van der Waals surface area contributed by atoms with E-state index >= 15 is 0 Å². The fraction of sp³-hybridized carbons (Fsp3) is 0.278. The van der Waals surface area contributed by atoms with Gasteiger partial charge >= 0.3 is 0 Å².